The van der Waals surface area contributed by atoms with E-state index in [1.807, 2.05) is 30.3 Å². The van der Waals surface area contributed by atoms with Crippen LogP contribution < -0.4 is 5.32 Å². The first-order valence-corrected chi connectivity index (χ1v) is 11.1. The molecule has 2 aromatic rings. The zero-order chi connectivity index (χ0) is 25.0. The summed E-state index contributed by atoms with van der Waals surface area (Å²) in [5.74, 6) is -1.48. The number of benzene rings is 2. The molecule has 8 nitrogen and oxygen atoms in total. The van der Waals surface area contributed by atoms with E-state index in [-0.39, 0.29) is 31.7 Å². The van der Waals surface area contributed by atoms with Crippen LogP contribution in [0.25, 0.3) is 0 Å². The van der Waals surface area contributed by atoms with Crippen LogP contribution in [0.1, 0.15) is 56.0 Å². The van der Waals surface area contributed by atoms with Crippen LogP contribution in [-0.4, -0.2) is 42.1 Å². The highest BCUT2D eigenvalue weighted by Crippen LogP contribution is 2.11. The molecule has 182 valence electrons. The first-order chi connectivity index (χ1) is 16.1. The summed E-state index contributed by atoms with van der Waals surface area (Å²) in [6, 6.07) is 17.0. The number of nitrogens with one attached hydrogen (secondary N) is 1. The van der Waals surface area contributed by atoms with Crippen molar-refractivity contribution in [1.82, 2.24) is 5.32 Å². The van der Waals surface area contributed by atoms with Gasteiger partial charge < -0.3 is 19.5 Å². The Morgan fingerprint density at radius 3 is 2.09 bits per heavy atom. The van der Waals surface area contributed by atoms with Gasteiger partial charge in [-0.05, 0) is 32.8 Å². The molecular weight excluding hydrogens is 438 g/mol. The molecule has 0 spiro atoms. The number of carbonyl (C=O) groups excluding carboxylic acids is 4. The summed E-state index contributed by atoms with van der Waals surface area (Å²) in [6.45, 7) is 4.86. The summed E-state index contributed by atoms with van der Waals surface area (Å²) < 4.78 is 15.6. The summed E-state index contributed by atoms with van der Waals surface area (Å²) in [4.78, 5) is 48.8. The van der Waals surface area contributed by atoms with Gasteiger partial charge in [0.1, 0.15) is 12.2 Å². The van der Waals surface area contributed by atoms with E-state index in [0.29, 0.717) is 5.56 Å². The Morgan fingerprint density at radius 2 is 1.47 bits per heavy atom. The van der Waals surface area contributed by atoms with Gasteiger partial charge in [-0.3, -0.25) is 14.4 Å². The van der Waals surface area contributed by atoms with Crippen molar-refractivity contribution in [3.8, 4) is 0 Å². The molecule has 1 unspecified atom stereocenters. The second-order valence-corrected chi connectivity index (χ2v) is 8.68. The van der Waals surface area contributed by atoms with Crippen molar-refractivity contribution in [2.45, 2.75) is 58.3 Å². The first-order valence-electron chi connectivity index (χ1n) is 11.1. The molecule has 2 aromatic carbocycles. The number of ether oxygens (including phenoxy) is 3. The van der Waals surface area contributed by atoms with Gasteiger partial charge in [0.05, 0.1) is 6.42 Å². The van der Waals surface area contributed by atoms with Crippen LogP contribution in [0.3, 0.4) is 0 Å². The number of ketones is 1. The van der Waals surface area contributed by atoms with E-state index in [0.717, 1.165) is 5.56 Å². The number of Topliss-reactive ketones (excluding diaryl/α,β-unsaturated/α-hetero) is 1. The quantitative estimate of drug-likeness (QED) is 0.298. The second-order valence-electron chi connectivity index (χ2n) is 8.68. The lowest BCUT2D eigenvalue weighted by molar-refractivity contribution is -0.146. The zero-order valence-corrected chi connectivity index (χ0v) is 19.7. The molecule has 1 N–H and O–H groups in total. The third-order valence-electron chi connectivity index (χ3n) is 4.53. The Labute approximate surface area is 199 Å². The number of esters is 2. The standard InChI is InChI=1S/C26H31NO7/c1-26(2,3)34-25(31)27-21(14-15-23(29)32-17-19-10-6-4-7-11-19)16-24(30)33-18-22(28)20-12-8-5-9-13-20/h4-13,21H,14-18H2,1-3H3,(H,27,31). The lowest BCUT2D eigenvalue weighted by Gasteiger charge is -2.23. The van der Waals surface area contributed by atoms with E-state index >= 15 is 0 Å². The first kappa shape index (κ1) is 26.6. The van der Waals surface area contributed by atoms with Gasteiger partial charge in [-0.1, -0.05) is 60.7 Å². The van der Waals surface area contributed by atoms with E-state index in [4.69, 9.17) is 14.2 Å². The van der Waals surface area contributed by atoms with Crippen LogP contribution in [0.5, 0.6) is 0 Å². The normalized spacial score (nSPS) is 11.7. The molecule has 34 heavy (non-hydrogen) atoms. The summed E-state index contributed by atoms with van der Waals surface area (Å²) in [5, 5.41) is 2.60. The molecule has 2 rings (SSSR count). The van der Waals surface area contributed by atoms with Crippen LogP contribution >= 0.6 is 0 Å². The highest BCUT2D eigenvalue weighted by molar-refractivity contribution is 5.97. The monoisotopic (exact) mass is 469 g/mol. The Morgan fingerprint density at radius 1 is 0.853 bits per heavy atom. The molecule has 0 aliphatic rings. The number of alkyl carbamates (subject to hydrolysis) is 1. The van der Waals surface area contributed by atoms with Gasteiger partial charge in [-0.2, -0.15) is 0 Å². The minimum absolute atomic E-state index is 0.0243. The Kier molecular flexibility index (Phi) is 10.3. The molecule has 0 fully saturated rings. The van der Waals surface area contributed by atoms with Gasteiger partial charge in [0.15, 0.2) is 12.4 Å². The third-order valence-corrected chi connectivity index (χ3v) is 4.53. The fourth-order valence-electron chi connectivity index (χ4n) is 2.92. The SMILES string of the molecule is CC(C)(C)OC(=O)NC(CCC(=O)OCc1ccccc1)CC(=O)OCC(=O)c1ccccc1. The molecule has 1 amide bonds. The zero-order valence-electron chi connectivity index (χ0n) is 19.7. The minimum Gasteiger partial charge on any atom is -0.461 e. The number of rotatable bonds is 11. The van der Waals surface area contributed by atoms with Crippen LogP contribution in [0.2, 0.25) is 0 Å². The Bertz CT molecular complexity index is 952. The van der Waals surface area contributed by atoms with E-state index in [2.05, 4.69) is 5.32 Å². The highest BCUT2D eigenvalue weighted by atomic mass is 16.6. The molecular formula is C26H31NO7. The predicted molar refractivity (Wildman–Crippen MR) is 125 cm³/mol. The summed E-state index contributed by atoms with van der Waals surface area (Å²) in [5.41, 5.74) is 0.553. The number of hydrogen-bond acceptors (Lipinski definition) is 7. The fraction of sp³-hybridized carbons (Fsp3) is 0.385. The van der Waals surface area contributed by atoms with Crippen molar-refractivity contribution < 1.29 is 33.4 Å². The summed E-state index contributed by atoms with van der Waals surface area (Å²) in [6.07, 6.45) is -0.839. The lowest BCUT2D eigenvalue weighted by atomic mass is 10.1. The fourth-order valence-corrected chi connectivity index (χ4v) is 2.92. The third kappa shape index (κ3) is 10.8. The largest absolute Gasteiger partial charge is 0.461 e. The van der Waals surface area contributed by atoms with Gasteiger partial charge in [-0.15, -0.1) is 0 Å². The molecule has 0 aliphatic heterocycles. The van der Waals surface area contributed by atoms with Crippen LogP contribution in [0.15, 0.2) is 60.7 Å². The minimum atomic E-state index is -0.738. The highest BCUT2D eigenvalue weighted by Gasteiger charge is 2.23. The van der Waals surface area contributed by atoms with Crippen LogP contribution in [0, 0.1) is 0 Å². The van der Waals surface area contributed by atoms with E-state index < -0.39 is 36.3 Å². The van der Waals surface area contributed by atoms with Crippen LogP contribution in [0.4, 0.5) is 4.79 Å². The van der Waals surface area contributed by atoms with Gasteiger partial charge in [0.2, 0.25) is 0 Å². The van der Waals surface area contributed by atoms with Crippen molar-refractivity contribution in [1.29, 1.82) is 0 Å². The van der Waals surface area contributed by atoms with Gasteiger partial charge >= 0.3 is 18.0 Å². The predicted octanol–water partition coefficient (Wildman–Crippen LogP) is 4.22. The number of amides is 1. The molecule has 8 heteroatoms. The number of carbonyl (C=O) groups is 4. The average molecular weight is 470 g/mol. The average Bonchev–Trinajstić information content (AvgIpc) is 2.79. The topological polar surface area (TPSA) is 108 Å². The van der Waals surface area contributed by atoms with Crippen molar-refractivity contribution in [2.24, 2.45) is 0 Å². The van der Waals surface area contributed by atoms with Gasteiger partial charge in [0.25, 0.3) is 0 Å². The van der Waals surface area contributed by atoms with Crippen molar-refractivity contribution in [2.75, 3.05) is 6.61 Å². The molecule has 0 aromatic heterocycles. The Balaban J connectivity index is 1.88. The van der Waals surface area contributed by atoms with E-state index in [9.17, 15) is 19.2 Å². The molecule has 1 atom stereocenters. The molecule has 0 aliphatic carbocycles. The molecule has 0 saturated heterocycles. The lowest BCUT2D eigenvalue weighted by Crippen LogP contribution is -2.40. The Hall–Kier alpha value is -3.68. The van der Waals surface area contributed by atoms with Crippen molar-refractivity contribution >= 4 is 23.8 Å². The van der Waals surface area contributed by atoms with E-state index in [1.54, 1.807) is 51.1 Å². The van der Waals surface area contributed by atoms with Crippen molar-refractivity contribution in [3.63, 3.8) is 0 Å². The van der Waals surface area contributed by atoms with Crippen molar-refractivity contribution in [3.05, 3.63) is 71.8 Å². The smallest absolute Gasteiger partial charge is 0.407 e. The number of hydrogen-bond donors (Lipinski definition) is 1. The maximum absolute atomic E-state index is 12.3. The van der Waals surface area contributed by atoms with Crippen LogP contribution in [-0.2, 0) is 30.4 Å². The van der Waals surface area contributed by atoms with E-state index in [1.165, 1.54) is 0 Å². The second kappa shape index (κ2) is 13.1. The van der Waals surface area contributed by atoms with Gasteiger partial charge in [0, 0.05) is 18.0 Å². The maximum atomic E-state index is 12.3. The molecule has 0 radical (unpaired) electrons. The molecule has 0 bridgehead atoms. The molecule has 0 heterocycles. The maximum Gasteiger partial charge on any atom is 0.407 e. The van der Waals surface area contributed by atoms with Gasteiger partial charge in [-0.25, -0.2) is 4.79 Å². The summed E-state index contributed by atoms with van der Waals surface area (Å²) >= 11 is 0. The molecule has 0 saturated carbocycles. The summed E-state index contributed by atoms with van der Waals surface area (Å²) in [7, 11) is 0.